The molecule has 3 heterocycles. The number of anilines is 3. The third-order valence-corrected chi connectivity index (χ3v) is 4.17. The van der Waals surface area contributed by atoms with Crippen molar-refractivity contribution >= 4 is 53.3 Å². The molecule has 0 aliphatic heterocycles. The molecule has 0 radical (unpaired) electrons. The number of benzene rings is 1. The highest BCUT2D eigenvalue weighted by Gasteiger charge is 2.08. The van der Waals surface area contributed by atoms with Crippen molar-refractivity contribution in [3.8, 4) is 11.1 Å². The van der Waals surface area contributed by atoms with Crippen molar-refractivity contribution in [2.75, 3.05) is 17.7 Å². The monoisotopic (exact) mass is 422 g/mol. The van der Waals surface area contributed by atoms with Gasteiger partial charge in [-0.25, -0.2) is 9.97 Å². The molecular formula is C21H19ClN6O2. The van der Waals surface area contributed by atoms with Crippen LogP contribution in [-0.2, 0) is 9.59 Å². The van der Waals surface area contributed by atoms with Crippen LogP contribution in [0.3, 0.4) is 0 Å². The van der Waals surface area contributed by atoms with Gasteiger partial charge in [0.1, 0.15) is 25.7 Å². The number of carbonyl (C=O) groups excluding carboxylic acids is 2. The van der Waals surface area contributed by atoms with Gasteiger partial charge in [0, 0.05) is 36.6 Å². The van der Waals surface area contributed by atoms with Gasteiger partial charge in [-0.3, -0.25) is 9.97 Å². The largest absolute Gasteiger partial charge is 0.387 e. The number of rotatable bonds is 4. The van der Waals surface area contributed by atoms with Crippen molar-refractivity contribution < 1.29 is 9.59 Å². The van der Waals surface area contributed by atoms with E-state index < -0.39 is 0 Å². The van der Waals surface area contributed by atoms with Crippen molar-refractivity contribution in [3.05, 3.63) is 66.5 Å². The van der Waals surface area contributed by atoms with E-state index in [0.717, 1.165) is 33.4 Å². The third-order valence-electron chi connectivity index (χ3n) is 3.96. The zero-order chi connectivity index (χ0) is 21.9. The van der Waals surface area contributed by atoms with Gasteiger partial charge >= 0.3 is 0 Å². The Kier molecular flexibility index (Phi) is 8.34. The molecule has 2 N–H and O–H groups in total. The average Bonchev–Trinajstić information content (AvgIpc) is 2.82. The number of halogens is 1. The van der Waals surface area contributed by atoms with Crippen molar-refractivity contribution in [3.63, 3.8) is 0 Å². The van der Waals surface area contributed by atoms with E-state index in [0.29, 0.717) is 10.8 Å². The molecule has 0 aliphatic rings. The van der Waals surface area contributed by atoms with E-state index in [1.807, 2.05) is 51.1 Å². The number of pyridine rings is 2. The first kappa shape index (κ1) is 22.4. The SMILES string of the molecule is C=O.C=O.CNc1cncc(-c2ccc3ncnc(Nc4cncc(Cl)c4)c3c2)c1. The quantitative estimate of drug-likeness (QED) is 0.504. The van der Waals surface area contributed by atoms with E-state index >= 15 is 0 Å². The van der Waals surface area contributed by atoms with E-state index in [9.17, 15) is 0 Å². The van der Waals surface area contributed by atoms with Crippen LogP contribution >= 0.6 is 11.6 Å². The molecule has 4 aromatic rings. The topological polar surface area (TPSA) is 110 Å². The van der Waals surface area contributed by atoms with Crippen LogP contribution in [0, 0.1) is 0 Å². The number of hydrogen-bond donors (Lipinski definition) is 2. The number of carbonyl (C=O) groups is 2. The lowest BCUT2D eigenvalue weighted by molar-refractivity contribution is -0.0987. The lowest BCUT2D eigenvalue weighted by Crippen LogP contribution is -1.97. The number of nitrogens with one attached hydrogen (secondary N) is 2. The minimum atomic E-state index is 0.559. The van der Waals surface area contributed by atoms with Crippen LogP contribution in [0.4, 0.5) is 17.2 Å². The van der Waals surface area contributed by atoms with Crippen LogP contribution in [0.5, 0.6) is 0 Å². The first-order chi connectivity index (χ1) is 14.7. The van der Waals surface area contributed by atoms with Crippen LogP contribution in [0.15, 0.2) is 61.4 Å². The molecule has 0 atom stereocenters. The zero-order valence-corrected chi connectivity index (χ0v) is 16.9. The second-order valence-corrected chi connectivity index (χ2v) is 6.12. The van der Waals surface area contributed by atoms with Crippen LogP contribution in [0.25, 0.3) is 22.0 Å². The molecular weight excluding hydrogens is 404 g/mol. The molecule has 0 unspecified atom stereocenters. The number of aromatic nitrogens is 4. The molecule has 0 saturated carbocycles. The molecule has 4 rings (SSSR count). The molecule has 0 saturated heterocycles. The van der Waals surface area contributed by atoms with Gasteiger partial charge in [0.15, 0.2) is 0 Å². The highest BCUT2D eigenvalue weighted by atomic mass is 35.5. The van der Waals surface area contributed by atoms with Gasteiger partial charge < -0.3 is 20.2 Å². The van der Waals surface area contributed by atoms with E-state index in [2.05, 4.69) is 30.6 Å². The van der Waals surface area contributed by atoms with Crippen LogP contribution in [0.1, 0.15) is 0 Å². The van der Waals surface area contributed by atoms with Crippen LogP contribution < -0.4 is 10.6 Å². The summed E-state index contributed by atoms with van der Waals surface area (Å²) >= 11 is 6.01. The first-order valence-corrected chi connectivity index (χ1v) is 8.94. The summed E-state index contributed by atoms with van der Waals surface area (Å²) in [5, 5.41) is 7.83. The maximum absolute atomic E-state index is 8.00. The molecule has 1 aromatic carbocycles. The summed E-state index contributed by atoms with van der Waals surface area (Å²) in [6, 6.07) is 9.89. The fraction of sp³-hybridized carbons (Fsp3) is 0.0476. The Morgan fingerprint density at radius 2 is 1.57 bits per heavy atom. The van der Waals surface area contributed by atoms with Gasteiger partial charge in [0.2, 0.25) is 0 Å². The highest BCUT2D eigenvalue weighted by molar-refractivity contribution is 6.30. The molecule has 9 heteroatoms. The molecule has 0 bridgehead atoms. The van der Waals surface area contributed by atoms with Crippen LogP contribution in [-0.4, -0.2) is 40.6 Å². The first-order valence-electron chi connectivity index (χ1n) is 8.56. The van der Waals surface area contributed by atoms with Gasteiger partial charge in [-0.2, -0.15) is 0 Å². The minimum Gasteiger partial charge on any atom is -0.387 e. The number of fused-ring (bicyclic) bond motifs is 1. The fourth-order valence-electron chi connectivity index (χ4n) is 2.69. The van der Waals surface area contributed by atoms with Crippen molar-refractivity contribution in [2.45, 2.75) is 0 Å². The van der Waals surface area contributed by atoms with Crippen molar-refractivity contribution in [2.24, 2.45) is 0 Å². The van der Waals surface area contributed by atoms with Crippen molar-refractivity contribution in [1.82, 2.24) is 19.9 Å². The molecule has 8 nitrogen and oxygen atoms in total. The Hall–Kier alpha value is -3.91. The molecule has 30 heavy (non-hydrogen) atoms. The van der Waals surface area contributed by atoms with E-state index in [1.165, 1.54) is 6.33 Å². The van der Waals surface area contributed by atoms with E-state index in [4.69, 9.17) is 21.2 Å². The third kappa shape index (κ3) is 5.33. The normalized spacial score (nSPS) is 9.53. The number of nitrogens with zero attached hydrogens (tertiary/aromatic N) is 4. The second-order valence-electron chi connectivity index (χ2n) is 5.68. The maximum Gasteiger partial charge on any atom is 0.141 e. The molecule has 3 aromatic heterocycles. The standard InChI is InChI=1S/C19H15ClN6.2CH2O/c1-21-15-4-13(7-22-9-15)12-2-3-18-17(5-12)19(25-11-24-18)26-16-6-14(20)8-23-10-16;2*1-2/h2-11,21H,1H3,(H,24,25,26);2*1H2. The lowest BCUT2D eigenvalue weighted by Gasteiger charge is -2.10. The smallest absolute Gasteiger partial charge is 0.141 e. The average molecular weight is 423 g/mol. The van der Waals surface area contributed by atoms with Gasteiger partial charge in [-0.05, 0) is 29.8 Å². The highest BCUT2D eigenvalue weighted by Crippen LogP contribution is 2.29. The summed E-state index contributed by atoms with van der Waals surface area (Å²) < 4.78 is 0. The summed E-state index contributed by atoms with van der Waals surface area (Å²) in [7, 11) is 1.87. The van der Waals surface area contributed by atoms with Gasteiger partial charge in [0.05, 0.1) is 28.1 Å². The molecule has 152 valence electrons. The van der Waals surface area contributed by atoms with Crippen molar-refractivity contribution in [1.29, 1.82) is 0 Å². The Balaban J connectivity index is 0.000000757. The van der Waals surface area contributed by atoms with Gasteiger partial charge in [-0.1, -0.05) is 17.7 Å². The van der Waals surface area contributed by atoms with Crippen LogP contribution in [0.2, 0.25) is 5.02 Å². The predicted octanol–water partition coefficient (Wildman–Crippen LogP) is 4.16. The summed E-state index contributed by atoms with van der Waals surface area (Å²) in [5.74, 6) is 0.693. The second kappa shape index (κ2) is 11.2. The summed E-state index contributed by atoms with van der Waals surface area (Å²) in [5.41, 5.74) is 4.61. The zero-order valence-electron chi connectivity index (χ0n) is 16.2. The predicted molar refractivity (Wildman–Crippen MR) is 119 cm³/mol. The van der Waals surface area contributed by atoms with Gasteiger partial charge in [-0.15, -0.1) is 0 Å². The minimum absolute atomic E-state index is 0.559. The molecule has 0 aliphatic carbocycles. The van der Waals surface area contributed by atoms with E-state index in [1.54, 1.807) is 24.7 Å². The maximum atomic E-state index is 8.00. The molecule has 0 amide bonds. The van der Waals surface area contributed by atoms with E-state index in [-0.39, 0.29) is 0 Å². The summed E-state index contributed by atoms with van der Waals surface area (Å²) in [6.45, 7) is 4.00. The Morgan fingerprint density at radius 1 is 0.833 bits per heavy atom. The molecule has 0 fully saturated rings. The van der Waals surface area contributed by atoms with Gasteiger partial charge in [0.25, 0.3) is 0 Å². The lowest BCUT2D eigenvalue weighted by atomic mass is 10.0. The fourth-order valence-corrected chi connectivity index (χ4v) is 2.86. The summed E-state index contributed by atoms with van der Waals surface area (Å²) in [6.07, 6.45) is 8.44. The Bertz CT molecular complexity index is 1120. The summed E-state index contributed by atoms with van der Waals surface area (Å²) in [4.78, 5) is 33.1. The number of hydrogen-bond acceptors (Lipinski definition) is 8. The Morgan fingerprint density at radius 3 is 2.30 bits per heavy atom. The Labute approximate surface area is 178 Å². The molecule has 0 spiro atoms.